The second kappa shape index (κ2) is 9.32. The van der Waals surface area contributed by atoms with Gasteiger partial charge in [-0.05, 0) is 59.8 Å². The monoisotopic (exact) mass is 439 g/mol. The number of amides is 3. The normalized spacial score (nSPS) is 14.1. The molecule has 3 aromatic rings. The molecule has 2 aromatic carbocycles. The van der Waals surface area contributed by atoms with E-state index < -0.39 is 0 Å². The SMILES string of the molecule is O=C(NCc1cccs1)c1ccc(N2CCCN(Cc3ccc(Cl)cc3)C2=O)cc1. The highest BCUT2D eigenvalue weighted by Gasteiger charge is 2.26. The number of hydrogen-bond donors (Lipinski definition) is 1. The van der Waals surface area contributed by atoms with Crippen LogP contribution in [0.1, 0.15) is 27.2 Å². The third-order valence-corrected chi connectivity index (χ3v) is 6.17. The third kappa shape index (κ3) is 4.83. The van der Waals surface area contributed by atoms with E-state index in [4.69, 9.17) is 11.6 Å². The van der Waals surface area contributed by atoms with Gasteiger partial charge in [-0.3, -0.25) is 9.69 Å². The van der Waals surface area contributed by atoms with Gasteiger partial charge in [-0.25, -0.2) is 4.79 Å². The van der Waals surface area contributed by atoms with Crippen LogP contribution in [0.4, 0.5) is 10.5 Å². The van der Waals surface area contributed by atoms with Crippen LogP contribution in [0.3, 0.4) is 0 Å². The fourth-order valence-electron chi connectivity index (χ4n) is 3.45. The van der Waals surface area contributed by atoms with Crippen molar-refractivity contribution < 1.29 is 9.59 Å². The van der Waals surface area contributed by atoms with Gasteiger partial charge in [-0.2, -0.15) is 0 Å². The Bertz CT molecular complexity index is 1000. The van der Waals surface area contributed by atoms with Crippen molar-refractivity contribution >= 4 is 40.6 Å². The van der Waals surface area contributed by atoms with Crippen molar-refractivity contribution in [2.75, 3.05) is 18.0 Å². The summed E-state index contributed by atoms with van der Waals surface area (Å²) in [6, 6.07) is 18.7. The molecule has 0 atom stereocenters. The maximum absolute atomic E-state index is 13.0. The quantitative estimate of drug-likeness (QED) is 0.576. The number of benzene rings is 2. The van der Waals surface area contributed by atoms with E-state index in [1.165, 1.54) is 0 Å². The molecule has 0 radical (unpaired) electrons. The van der Waals surface area contributed by atoms with Crippen molar-refractivity contribution in [2.24, 2.45) is 0 Å². The first kappa shape index (κ1) is 20.4. The van der Waals surface area contributed by atoms with E-state index in [1.807, 2.05) is 58.8 Å². The number of rotatable bonds is 6. The standard InChI is InChI=1S/C23H22ClN3O2S/c24-19-8-4-17(5-9-19)16-26-12-2-13-27(23(26)29)20-10-6-18(7-11-20)22(28)25-15-21-3-1-14-30-21/h1,3-11,14H,2,12-13,15-16H2,(H,25,28). The van der Waals surface area contributed by atoms with E-state index in [9.17, 15) is 9.59 Å². The van der Waals surface area contributed by atoms with E-state index in [1.54, 1.807) is 28.4 Å². The van der Waals surface area contributed by atoms with Crippen LogP contribution in [0, 0.1) is 0 Å². The van der Waals surface area contributed by atoms with Crippen LogP contribution in [0.25, 0.3) is 0 Å². The van der Waals surface area contributed by atoms with Crippen LogP contribution < -0.4 is 10.2 Å². The van der Waals surface area contributed by atoms with Crippen LogP contribution in [-0.4, -0.2) is 29.9 Å². The third-order valence-electron chi connectivity index (χ3n) is 5.04. The van der Waals surface area contributed by atoms with Crippen molar-refractivity contribution in [3.63, 3.8) is 0 Å². The Kier molecular flexibility index (Phi) is 6.35. The number of halogens is 1. The molecule has 1 N–H and O–H groups in total. The van der Waals surface area contributed by atoms with Crippen LogP contribution in [0.2, 0.25) is 5.02 Å². The number of nitrogens with one attached hydrogen (secondary N) is 1. The summed E-state index contributed by atoms with van der Waals surface area (Å²) < 4.78 is 0. The van der Waals surface area contributed by atoms with E-state index in [2.05, 4.69) is 5.32 Å². The summed E-state index contributed by atoms with van der Waals surface area (Å²) in [5.74, 6) is -0.121. The highest BCUT2D eigenvalue weighted by molar-refractivity contribution is 7.09. The molecule has 1 aliphatic rings. The predicted molar refractivity (Wildman–Crippen MR) is 121 cm³/mol. The van der Waals surface area contributed by atoms with Crippen molar-refractivity contribution in [2.45, 2.75) is 19.5 Å². The van der Waals surface area contributed by atoms with E-state index in [0.29, 0.717) is 30.2 Å². The maximum atomic E-state index is 13.0. The van der Waals surface area contributed by atoms with E-state index in [0.717, 1.165) is 29.1 Å². The average molecular weight is 440 g/mol. The first-order chi connectivity index (χ1) is 14.6. The number of nitrogens with zero attached hydrogens (tertiary/aromatic N) is 2. The molecule has 1 saturated heterocycles. The number of hydrogen-bond acceptors (Lipinski definition) is 3. The summed E-state index contributed by atoms with van der Waals surface area (Å²) >= 11 is 7.56. The molecule has 5 nitrogen and oxygen atoms in total. The molecule has 2 heterocycles. The Morgan fingerprint density at radius 3 is 2.50 bits per heavy atom. The minimum absolute atomic E-state index is 0.0221. The van der Waals surface area contributed by atoms with Gasteiger partial charge in [0.05, 0.1) is 6.54 Å². The van der Waals surface area contributed by atoms with Gasteiger partial charge in [0, 0.05) is 40.8 Å². The summed E-state index contributed by atoms with van der Waals surface area (Å²) in [7, 11) is 0. The summed E-state index contributed by atoms with van der Waals surface area (Å²) in [5, 5.41) is 5.59. The van der Waals surface area contributed by atoms with Crippen LogP contribution in [0.5, 0.6) is 0 Å². The van der Waals surface area contributed by atoms with Crippen LogP contribution in [-0.2, 0) is 13.1 Å². The zero-order valence-electron chi connectivity index (χ0n) is 16.4. The molecule has 154 valence electrons. The lowest BCUT2D eigenvalue weighted by molar-refractivity contribution is 0.0951. The summed E-state index contributed by atoms with van der Waals surface area (Å²) in [6.07, 6.45) is 0.891. The Hall–Kier alpha value is -2.83. The van der Waals surface area contributed by atoms with Gasteiger partial charge >= 0.3 is 6.03 Å². The van der Waals surface area contributed by atoms with Gasteiger partial charge in [0.2, 0.25) is 0 Å². The molecule has 30 heavy (non-hydrogen) atoms. The first-order valence-electron chi connectivity index (χ1n) is 9.82. The number of urea groups is 1. The lowest BCUT2D eigenvalue weighted by atomic mass is 10.1. The number of carbonyl (C=O) groups is 2. The molecule has 0 bridgehead atoms. The van der Waals surface area contributed by atoms with E-state index >= 15 is 0 Å². The molecule has 0 spiro atoms. The molecular formula is C23H22ClN3O2S. The van der Waals surface area contributed by atoms with Crippen molar-refractivity contribution in [1.29, 1.82) is 0 Å². The molecule has 0 unspecified atom stereocenters. The van der Waals surface area contributed by atoms with Gasteiger partial charge in [-0.15, -0.1) is 11.3 Å². The van der Waals surface area contributed by atoms with Gasteiger partial charge in [0.25, 0.3) is 5.91 Å². The minimum atomic E-state index is -0.121. The smallest absolute Gasteiger partial charge is 0.324 e. The zero-order valence-corrected chi connectivity index (χ0v) is 18.0. The summed E-state index contributed by atoms with van der Waals surface area (Å²) in [5.41, 5.74) is 2.43. The largest absolute Gasteiger partial charge is 0.347 e. The zero-order chi connectivity index (χ0) is 20.9. The molecule has 7 heteroatoms. The minimum Gasteiger partial charge on any atom is -0.347 e. The highest BCUT2D eigenvalue weighted by atomic mass is 35.5. The van der Waals surface area contributed by atoms with Gasteiger partial charge < -0.3 is 10.2 Å². The molecular weight excluding hydrogens is 418 g/mol. The average Bonchev–Trinajstić information content (AvgIpc) is 3.29. The van der Waals surface area contributed by atoms with Crippen molar-refractivity contribution in [3.8, 4) is 0 Å². The molecule has 1 aliphatic heterocycles. The van der Waals surface area contributed by atoms with Crippen LogP contribution in [0.15, 0.2) is 66.0 Å². The maximum Gasteiger partial charge on any atom is 0.324 e. The molecule has 0 saturated carbocycles. The van der Waals surface area contributed by atoms with Gasteiger partial charge in [0.1, 0.15) is 0 Å². The Labute approximate surface area is 184 Å². The molecule has 1 fully saturated rings. The van der Waals surface area contributed by atoms with Crippen molar-refractivity contribution in [3.05, 3.63) is 87.1 Å². The first-order valence-corrected chi connectivity index (χ1v) is 11.1. The molecule has 4 rings (SSSR count). The Morgan fingerprint density at radius 1 is 1.03 bits per heavy atom. The topological polar surface area (TPSA) is 52.7 Å². The Balaban J connectivity index is 1.39. The second-order valence-corrected chi connectivity index (χ2v) is 8.61. The number of thiophene rings is 1. The fraction of sp³-hybridized carbons (Fsp3) is 0.217. The Morgan fingerprint density at radius 2 is 1.80 bits per heavy atom. The predicted octanol–water partition coefficient (Wildman–Crippen LogP) is 5.16. The van der Waals surface area contributed by atoms with Crippen LogP contribution >= 0.6 is 22.9 Å². The molecule has 0 aliphatic carbocycles. The number of anilines is 1. The molecule has 1 aromatic heterocycles. The summed E-state index contributed by atoms with van der Waals surface area (Å²) in [4.78, 5) is 30.1. The second-order valence-electron chi connectivity index (χ2n) is 7.14. The summed E-state index contributed by atoms with van der Waals surface area (Å²) in [6.45, 7) is 2.46. The van der Waals surface area contributed by atoms with Crippen molar-refractivity contribution in [1.82, 2.24) is 10.2 Å². The number of carbonyl (C=O) groups excluding carboxylic acids is 2. The lowest BCUT2D eigenvalue weighted by Crippen LogP contribution is -2.49. The van der Waals surface area contributed by atoms with Gasteiger partial charge in [-0.1, -0.05) is 29.8 Å². The van der Waals surface area contributed by atoms with Gasteiger partial charge in [0.15, 0.2) is 0 Å². The highest BCUT2D eigenvalue weighted by Crippen LogP contribution is 2.22. The molecule has 3 amide bonds. The fourth-order valence-corrected chi connectivity index (χ4v) is 4.22. The lowest BCUT2D eigenvalue weighted by Gasteiger charge is -2.35. The van der Waals surface area contributed by atoms with E-state index in [-0.39, 0.29) is 11.9 Å².